The smallest absolute Gasteiger partial charge is 0.364 e. The highest BCUT2D eigenvalue weighted by Gasteiger charge is 2.24. The number of amidine groups is 1. The van der Waals surface area contributed by atoms with E-state index in [1.165, 1.54) is 0 Å². The minimum absolute atomic E-state index is 0.459. The van der Waals surface area contributed by atoms with E-state index in [2.05, 4.69) is 16.7 Å². The normalized spacial score (nSPS) is 20.7. The van der Waals surface area contributed by atoms with Crippen LogP contribution in [0.15, 0.2) is 28.9 Å². The molecule has 24 heavy (non-hydrogen) atoms. The number of likely N-dealkylation sites (N-methyl/N-ethyl adjacent to an activating group) is 2. The molecule has 0 radical (unpaired) electrons. The average Bonchev–Trinajstić information content (AvgIpc) is 2.49. The molecule has 0 aromatic carbocycles. The lowest BCUT2D eigenvalue weighted by molar-refractivity contribution is -0.125. The predicted octanol–water partition coefficient (Wildman–Crippen LogP) is 3.82. The summed E-state index contributed by atoms with van der Waals surface area (Å²) in [5.41, 5.74) is 0.898. The van der Waals surface area contributed by atoms with Crippen LogP contribution in [0, 0.1) is 0 Å². The van der Waals surface area contributed by atoms with Crippen molar-refractivity contribution in [3.63, 3.8) is 0 Å². The quantitative estimate of drug-likeness (QED) is 0.684. The van der Waals surface area contributed by atoms with Gasteiger partial charge in [-0.2, -0.15) is 13.2 Å². The van der Waals surface area contributed by atoms with Crippen molar-refractivity contribution in [1.29, 1.82) is 0 Å². The molecular weight excluding hydrogens is 319 g/mol. The second-order valence-corrected chi connectivity index (χ2v) is 5.73. The van der Waals surface area contributed by atoms with Crippen LogP contribution in [0.3, 0.4) is 0 Å². The molecule has 7 heteroatoms. The number of hydrogen-bond donors (Lipinski definition) is 0. The molecule has 0 spiro atoms. The number of nitrogens with zero attached hydrogens (tertiary/aromatic N) is 3. The number of allylic oxidation sites excluding steroid dienone is 4. The summed E-state index contributed by atoms with van der Waals surface area (Å²) in [6.45, 7) is 7.64. The predicted molar refractivity (Wildman–Crippen MR) is 90.9 cm³/mol. The fourth-order valence-corrected chi connectivity index (χ4v) is 2.31. The van der Waals surface area contributed by atoms with E-state index >= 15 is 0 Å². The topological polar surface area (TPSA) is 28.1 Å². The fourth-order valence-electron chi connectivity index (χ4n) is 2.31. The van der Waals surface area contributed by atoms with Gasteiger partial charge in [-0.25, -0.2) is 4.99 Å². The Labute approximate surface area is 142 Å². The van der Waals surface area contributed by atoms with Crippen molar-refractivity contribution in [2.75, 3.05) is 40.0 Å². The van der Waals surface area contributed by atoms with Crippen LogP contribution in [0.4, 0.5) is 13.2 Å². The largest absolute Gasteiger partial charge is 0.392 e. The molecule has 1 heterocycles. The second-order valence-electron chi connectivity index (χ2n) is 5.73. The number of aliphatic imine (C=N–C) groups is 1. The molecule has 138 valence electrons. The molecule has 0 bridgehead atoms. The van der Waals surface area contributed by atoms with Crippen LogP contribution < -0.4 is 0 Å². The summed E-state index contributed by atoms with van der Waals surface area (Å²) in [6.07, 6.45) is 0.778. The van der Waals surface area contributed by atoms with E-state index in [-0.39, 0.29) is 0 Å². The Kier molecular flexibility index (Phi) is 9.07. The number of ether oxygens (including phenoxy) is 1. The van der Waals surface area contributed by atoms with Gasteiger partial charge in [-0.3, -0.25) is 4.90 Å². The van der Waals surface area contributed by atoms with Gasteiger partial charge in [-0.05, 0) is 26.8 Å². The van der Waals surface area contributed by atoms with Crippen LogP contribution in [0.1, 0.15) is 33.1 Å². The van der Waals surface area contributed by atoms with Crippen molar-refractivity contribution >= 4 is 5.84 Å². The highest BCUT2D eigenvalue weighted by molar-refractivity contribution is 5.85. The lowest BCUT2D eigenvalue weighted by Crippen LogP contribution is -2.44. The molecule has 0 N–H and O–H groups in total. The summed E-state index contributed by atoms with van der Waals surface area (Å²) in [5.74, 6) is 0.982. The fraction of sp³-hybridized carbons (Fsp3) is 0.706. The van der Waals surface area contributed by atoms with E-state index in [0.717, 1.165) is 37.1 Å². The van der Waals surface area contributed by atoms with Gasteiger partial charge in [0.2, 0.25) is 0 Å². The maximum atomic E-state index is 12.1. The second kappa shape index (κ2) is 10.5. The Bertz CT molecular complexity index is 458. The van der Waals surface area contributed by atoms with Crippen molar-refractivity contribution in [3.8, 4) is 0 Å². The molecule has 0 unspecified atom stereocenters. The van der Waals surface area contributed by atoms with Gasteiger partial charge in [-0.1, -0.05) is 25.2 Å². The van der Waals surface area contributed by atoms with Crippen LogP contribution in [-0.4, -0.2) is 61.8 Å². The standard InChI is InChI=1S/C17H28F3N3O/c1-4-15(9-7-6-8-10-17(18,19)20)21-16-13-22(3)14-24-12-11-23(16)5-2/h6,8-9H,4-5,7,10-14H2,1-3H3/b8-6-,15-9+,21-16?. The molecule has 0 saturated carbocycles. The number of alkyl halides is 3. The van der Waals surface area contributed by atoms with Crippen molar-refractivity contribution < 1.29 is 17.9 Å². The molecule has 0 aliphatic carbocycles. The number of hydrogen-bond acceptors (Lipinski definition) is 3. The van der Waals surface area contributed by atoms with Gasteiger partial charge in [-0.15, -0.1) is 0 Å². The lowest BCUT2D eigenvalue weighted by Gasteiger charge is -2.31. The average molecular weight is 347 g/mol. The molecule has 1 aliphatic rings. The highest BCUT2D eigenvalue weighted by Crippen LogP contribution is 2.19. The zero-order valence-corrected chi connectivity index (χ0v) is 14.8. The summed E-state index contributed by atoms with van der Waals surface area (Å²) >= 11 is 0. The van der Waals surface area contributed by atoms with Crippen molar-refractivity contribution in [1.82, 2.24) is 9.80 Å². The lowest BCUT2D eigenvalue weighted by atomic mass is 10.2. The molecule has 4 nitrogen and oxygen atoms in total. The Morgan fingerprint density at radius 1 is 1.29 bits per heavy atom. The molecule has 0 aromatic rings. The molecule has 1 rings (SSSR count). The van der Waals surface area contributed by atoms with E-state index in [1.807, 2.05) is 20.0 Å². The van der Waals surface area contributed by atoms with Crippen molar-refractivity contribution in [3.05, 3.63) is 23.9 Å². The van der Waals surface area contributed by atoms with Crippen molar-refractivity contribution in [2.45, 2.75) is 39.3 Å². The first kappa shape index (κ1) is 20.7. The Hall–Kier alpha value is -1.34. The zero-order chi connectivity index (χ0) is 18.0. The summed E-state index contributed by atoms with van der Waals surface area (Å²) < 4.78 is 41.8. The highest BCUT2D eigenvalue weighted by atomic mass is 19.4. The molecule has 1 saturated heterocycles. The van der Waals surface area contributed by atoms with Crippen LogP contribution >= 0.6 is 0 Å². The van der Waals surface area contributed by atoms with Crippen LogP contribution in [0.5, 0.6) is 0 Å². The third-order valence-electron chi connectivity index (χ3n) is 3.62. The van der Waals surface area contributed by atoms with Gasteiger partial charge >= 0.3 is 6.18 Å². The number of halogens is 3. The summed E-state index contributed by atoms with van der Waals surface area (Å²) in [5, 5.41) is 0. The first-order valence-electron chi connectivity index (χ1n) is 8.35. The molecule has 1 fully saturated rings. The van der Waals surface area contributed by atoms with Crippen molar-refractivity contribution in [2.24, 2.45) is 4.99 Å². The van der Waals surface area contributed by atoms with Crippen LogP contribution in [0.25, 0.3) is 0 Å². The van der Waals surface area contributed by atoms with Gasteiger partial charge in [0.15, 0.2) is 0 Å². The van der Waals surface area contributed by atoms with Gasteiger partial charge < -0.3 is 9.64 Å². The van der Waals surface area contributed by atoms with Gasteiger partial charge in [0.05, 0.1) is 26.3 Å². The Morgan fingerprint density at radius 2 is 2.04 bits per heavy atom. The minimum Gasteiger partial charge on any atom is -0.364 e. The third kappa shape index (κ3) is 8.49. The van der Waals surface area contributed by atoms with E-state index < -0.39 is 12.6 Å². The minimum atomic E-state index is -4.14. The van der Waals surface area contributed by atoms with Crippen LogP contribution in [-0.2, 0) is 4.74 Å². The molecule has 1 aliphatic heterocycles. The van der Waals surface area contributed by atoms with Gasteiger partial charge in [0, 0.05) is 18.8 Å². The van der Waals surface area contributed by atoms with E-state index in [0.29, 0.717) is 26.3 Å². The Balaban J connectivity index is 2.75. The maximum absolute atomic E-state index is 12.1. The molecule has 0 atom stereocenters. The summed E-state index contributed by atoms with van der Waals surface area (Å²) in [4.78, 5) is 8.99. The first-order valence-corrected chi connectivity index (χ1v) is 8.35. The number of rotatable bonds is 6. The maximum Gasteiger partial charge on any atom is 0.392 e. The molecule has 0 amide bonds. The molecule has 0 aromatic heterocycles. The molecular formula is C17H28F3N3O. The SMILES string of the molecule is CC/C(=C\C/C=C\CC(F)(F)F)N=C1CN(C)COCCN1CC. The third-order valence-corrected chi connectivity index (χ3v) is 3.62. The first-order chi connectivity index (χ1) is 11.4. The summed E-state index contributed by atoms with van der Waals surface area (Å²) in [6, 6.07) is 0. The van der Waals surface area contributed by atoms with E-state index in [9.17, 15) is 13.2 Å². The monoisotopic (exact) mass is 347 g/mol. The Morgan fingerprint density at radius 3 is 2.67 bits per heavy atom. The van der Waals surface area contributed by atoms with Gasteiger partial charge in [0.1, 0.15) is 5.84 Å². The van der Waals surface area contributed by atoms with Crippen LogP contribution in [0.2, 0.25) is 0 Å². The van der Waals surface area contributed by atoms with E-state index in [4.69, 9.17) is 9.73 Å². The van der Waals surface area contributed by atoms with Gasteiger partial charge in [0.25, 0.3) is 0 Å². The summed E-state index contributed by atoms with van der Waals surface area (Å²) in [7, 11) is 1.98. The zero-order valence-electron chi connectivity index (χ0n) is 14.8. The van der Waals surface area contributed by atoms with E-state index in [1.54, 1.807) is 6.08 Å².